The molecule has 3 nitrogen and oxygen atoms in total. The van der Waals surface area contributed by atoms with Crippen molar-refractivity contribution >= 4 is 6.29 Å². The average Bonchev–Trinajstić information content (AvgIpc) is 2.32. The van der Waals surface area contributed by atoms with Crippen molar-refractivity contribution in [2.75, 3.05) is 0 Å². The van der Waals surface area contributed by atoms with Crippen LogP contribution in [0.4, 0.5) is 4.39 Å². The van der Waals surface area contributed by atoms with Crippen LogP contribution >= 0.6 is 0 Å². The topological polar surface area (TPSA) is 42.9 Å². The van der Waals surface area contributed by atoms with Gasteiger partial charge in [-0.15, -0.1) is 0 Å². The summed E-state index contributed by atoms with van der Waals surface area (Å²) in [7, 11) is 0. The van der Waals surface area contributed by atoms with E-state index in [1.165, 1.54) is 6.07 Å². The highest BCUT2D eigenvalue weighted by atomic mass is 19.1. The van der Waals surface area contributed by atoms with Crippen molar-refractivity contribution in [1.29, 1.82) is 0 Å². The molecule has 0 unspecified atom stereocenters. The van der Waals surface area contributed by atoms with Gasteiger partial charge in [0.25, 0.3) is 0 Å². The van der Waals surface area contributed by atoms with Crippen LogP contribution in [-0.4, -0.2) is 16.3 Å². The fourth-order valence-electron chi connectivity index (χ4n) is 1.33. The Morgan fingerprint density at radius 3 is 2.56 bits per heavy atom. The van der Waals surface area contributed by atoms with Gasteiger partial charge in [-0.2, -0.15) is 0 Å². The Labute approximate surface area is 92.0 Å². The lowest BCUT2D eigenvalue weighted by Gasteiger charge is -2.00. The summed E-state index contributed by atoms with van der Waals surface area (Å²) in [5, 5.41) is 0. The Bertz CT molecular complexity index is 479. The molecule has 0 radical (unpaired) electrons. The van der Waals surface area contributed by atoms with Crippen LogP contribution in [0.3, 0.4) is 0 Å². The number of halogens is 1. The van der Waals surface area contributed by atoms with Gasteiger partial charge in [0.1, 0.15) is 12.1 Å². The van der Waals surface area contributed by atoms with E-state index in [0.29, 0.717) is 17.8 Å². The van der Waals surface area contributed by atoms with Crippen molar-refractivity contribution in [2.24, 2.45) is 0 Å². The van der Waals surface area contributed by atoms with Crippen LogP contribution in [0.25, 0.3) is 11.3 Å². The van der Waals surface area contributed by atoms with E-state index < -0.39 is 0 Å². The van der Waals surface area contributed by atoms with Gasteiger partial charge >= 0.3 is 0 Å². The standard InChI is InChI=1S/C12H9FN2O/c13-10-2-4-12(15-8-10)9-1-3-11(5-6-16)14-7-9/h1-4,6-8H,5H2. The van der Waals surface area contributed by atoms with Gasteiger partial charge in [-0.3, -0.25) is 9.97 Å². The molecule has 2 rings (SSSR count). The maximum Gasteiger partial charge on any atom is 0.141 e. The van der Waals surface area contributed by atoms with Crippen LogP contribution < -0.4 is 0 Å². The number of hydrogen-bond donors (Lipinski definition) is 0. The molecule has 0 N–H and O–H groups in total. The van der Waals surface area contributed by atoms with Crippen molar-refractivity contribution in [3.8, 4) is 11.3 Å². The lowest BCUT2D eigenvalue weighted by atomic mass is 10.1. The second kappa shape index (κ2) is 4.61. The first-order valence-electron chi connectivity index (χ1n) is 4.80. The lowest BCUT2D eigenvalue weighted by Crippen LogP contribution is -1.91. The van der Waals surface area contributed by atoms with E-state index in [0.717, 1.165) is 18.0 Å². The summed E-state index contributed by atoms with van der Waals surface area (Å²) in [6.07, 6.45) is 3.89. The van der Waals surface area contributed by atoms with Gasteiger partial charge < -0.3 is 4.79 Å². The molecule has 2 aromatic rings. The van der Waals surface area contributed by atoms with Crippen LogP contribution in [0.1, 0.15) is 5.69 Å². The number of aromatic nitrogens is 2. The molecule has 2 aromatic heterocycles. The summed E-state index contributed by atoms with van der Waals surface area (Å²) in [6, 6.07) is 6.51. The number of pyridine rings is 2. The number of rotatable bonds is 3. The van der Waals surface area contributed by atoms with Crippen LogP contribution in [-0.2, 0) is 11.2 Å². The molecular formula is C12H9FN2O. The highest BCUT2D eigenvalue weighted by Crippen LogP contribution is 2.15. The van der Waals surface area contributed by atoms with Gasteiger partial charge in [-0.05, 0) is 24.3 Å². The maximum absolute atomic E-state index is 12.6. The summed E-state index contributed by atoms with van der Waals surface area (Å²) in [5.41, 5.74) is 2.17. The van der Waals surface area contributed by atoms with Gasteiger partial charge in [0.15, 0.2) is 0 Å². The van der Waals surface area contributed by atoms with E-state index in [9.17, 15) is 9.18 Å². The van der Waals surface area contributed by atoms with E-state index in [-0.39, 0.29) is 5.82 Å². The molecule has 0 aromatic carbocycles. The molecule has 0 amide bonds. The summed E-state index contributed by atoms with van der Waals surface area (Å²) in [6.45, 7) is 0. The highest BCUT2D eigenvalue weighted by Gasteiger charge is 2.00. The average molecular weight is 216 g/mol. The van der Waals surface area contributed by atoms with Crippen LogP contribution in [0.2, 0.25) is 0 Å². The van der Waals surface area contributed by atoms with Gasteiger partial charge in [-0.1, -0.05) is 0 Å². The summed E-state index contributed by atoms with van der Waals surface area (Å²) >= 11 is 0. The fraction of sp³-hybridized carbons (Fsp3) is 0.0833. The van der Waals surface area contributed by atoms with Crippen molar-refractivity contribution in [1.82, 2.24) is 9.97 Å². The van der Waals surface area contributed by atoms with E-state index in [1.54, 1.807) is 18.3 Å². The minimum atomic E-state index is -0.366. The maximum atomic E-state index is 12.6. The first-order chi connectivity index (χ1) is 7.79. The number of aldehydes is 1. The van der Waals surface area contributed by atoms with E-state index in [4.69, 9.17) is 0 Å². The monoisotopic (exact) mass is 216 g/mol. The predicted molar refractivity (Wildman–Crippen MR) is 57.2 cm³/mol. The van der Waals surface area contributed by atoms with Gasteiger partial charge in [-0.25, -0.2) is 4.39 Å². The summed E-state index contributed by atoms with van der Waals surface area (Å²) in [4.78, 5) is 18.3. The molecule has 0 bridgehead atoms. The summed E-state index contributed by atoms with van der Waals surface area (Å²) < 4.78 is 12.6. The summed E-state index contributed by atoms with van der Waals surface area (Å²) in [5.74, 6) is -0.366. The van der Waals surface area contributed by atoms with Crippen molar-refractivity contribution < 1.29 is 9.18 Å². The minimum Gasteiger partial charge on any atom is -0.303 e. The zero-order valence-corrected chi connectivity index (χ0v) is 8.43. The van der Waals surface area contributed by atoms with Gasteiger partial charge in [0.2, 0.25) is 0 Å². The first-order valence-corrected chi connectivity index (χ1v) is 4.80. The Balaban J connectivity index is 2.27. The zero-order chi connectivity index (χ0) is 11.4. The first kappa shape index (κ1) is 10.4. The van der Waals surface area contributed by atoms with Crippen molar-refractivity contribution in [3.05, 3.63) is 48.2 Å². The van der Waals surface area contributed by atoms with Gasteiger partial charge in [0.05, 0.1) is 11.9 Å². The third-order valence-electron chi connectivity index (χ3n) is 2.14. The Morgan fingerprint density at radius 1 is 1.12 bits per heavy atom. The van der Waals surface area contributed by atoms with E-state index in [2.05, 4.69) is 9.97 Å². The number of nitrogens with zero attached hydrogens (tertiary/aromatic N) is 2. The zero-order valence-electron chi connectivity index (χ0n) is 8.43. The quantitative estimate of drug-likeness (QED) is 0.737. The molecule has 0 spiro atoms. The van der Waals surface area contributed by atoms with E-state index in [1.807, 2.05) is 6.07 Å². The molecule has 2 heterocycles. The molecular weight excluding hydrogens is 207 g/mol. The molecule has 0 atom stereocenters. The van der Waals surface area contributed by atoms with Crippen molar-refractivity contribution in [3.63, 3.8) is 0 Å². The third kappa shape index (κ3) is 2.28. The molecule has 0 aliphatic heterocycles. The van der Waals surface area contributed by atoms with Crippen LogP contribution in [0.15, 0.2) is 36.7 Å². The van der Waals surface area contributed by atoms with E-state index >= 15 is 0 Å². The third-order valence-corrected chi connectivity index (χ3v) is 2.14. The normalized spacial score (nSPS) is 10.1. The molecule has 0 saturated heterocycles. The van der Waals surface area contributed by atoms with Crippen molar-refractivity contribution in [2.45, 2.75) is 6.42 Å². The molecule has 16 heavy (non-hydrogen) atoms. The second-order valence-electron chi connectivity index (χ2n) is 3.27. The largest absolute Gasteiger partial charge is 0.303 e. The number of hydrogen-bond acceptors (Lipinski definition) is 3. The van der Waals surface area contributed by atoms with Crippen LogP contribution in [0, 0.1) is 5.82 Å². The molecule has 0 saturated carbocycles. The van der Waals surface area contributed by atoms with Gasteiger partial charge in [0, 0.05) is 23.9 Å². The number of carbonyl (C=O) groups excluding carboxylic acids is 1. The molecule has 0 fully saturated rings. The second-order valence-corrected chi connectivity index (χ2v) is 3.27. The Hall–Kier alpha value is -2.10. The molecule has 4 heteroatoms. The predicted octanol–water partition coefficient (Wildman–Crippen LogP) is 2.02. The SMILES string of the molecule is O=CCc1ccc(-c2ccc(F)cn2)cn1. The Morgan fingerprint density at radius 2 is 2.00 bits per heavy atom. The minimum absolute atomic E-state index is 0.303. The van der Waals surface area contributed by atoms with Crippen LogP contribution in [0.5, 0.6) is 0 Å². The number of carbonyl (C=O) groups is 1. The Kier molecular flexibility index (Phi) is 3.00. The fourth-order valence-corrected chi connectivity index (χ4v) is 1.33. The molecule has 0 aliphatic rings. The molecule has 0 aliphatic carbocycles. The lowest BCUT2D eigenvalue weighted by molar-refractivity contribution is -0.107. The molecule has 80 valence electrons. The highest BCUT2D eigenvalue weighted by molar-refractivity contribution is 5.59. The smallest absolute Gasteiger partial charge is 0.141 e.